The lowest BCUT2D eigenvalue weighted by molar-refractivity contribution is -0.0298. The standard InChI is InChI=1S/C19H24N6O3/c1-18(2,3)28-17(27)24-10-19(11-24,7-8-20)25-13-6-9-21-16(26)14(13)15(23-25)22-12-4-5-12/h6,9,12H,4-5,7,10-11H2,1-3H3,(H,21,26)(H,22,23). The van der Waals surface area contributed by atoms with Crippen LogP contribution < -0.4 is 10.9 Å². The Morgan fingerprint density at radius 1 is 1.46 bits per heavy atom. The van der Waals surface area contributed by atoms with Gasteiger partial charge in [0, 0.05) is 12.2 Å². The number of rotatable bonds is 4. The number of nitrogens with one attached hydrogen (secondary N) is 2. The third-order valence-corrected chi connectivity index (χ3v) is 5.00. The molecule has 2 aromatic rings. The van der Waals surface area contributed by atoms with E-state index in [0.29, 0.717) is 35.9 Å². The Morgan fingerprint density at radius 2 is 2.18 bits per heavy atom. The fourth-order valence-corrected chi connectivity index (χ4v) is 3.55. The molecular formula is C19H24N6O3. The van der Waals surface area contributed by atoms with Gasteiger partial charge in [0.2, 0.25) is 0 Å². The second-order valence-corrected chi connectivity index (χ2v) is 8.64. The summed E-state index contributed by atoms with van der Waals surface area (Å²) in [5.41, 5.74) is -0.827. The number of aromatic nitrogens is 3. The van der Waals surface area contributed by atoms with Crippen LogP contribution in [0, 0.1) is 11.3 Å². The molecule has 1 aliphatic carbocycles. The van der Waals surface area contributed by atoms with E-state index >= 15 is 0 Å². The van der Waals surface area contributed by atoms with Gasteiger partial charge in [-0.15, -0.1) is 0 Å². The minimum Gasteiger partial charge on any atom is -0.444 e. The van der Waals surface area contributed by atoms with E-state index < -0.39 is 17.2 Å². The van der Waals surface area contributed by atoms with E-state index in [4.69, 9.17) is 4.74 Å². The maximum absolute atomic E-state index is 12.4. The van der Waals surface area contributed by atoms with E-state index in [2.05, 4.69) is 21.5 Å². The number of hydrogen-bond donors (Lipinski definition) is 2. The summed E-state index contributed by atoms with van der Waals surface area (Å²) in [5.74, 6) is 0.535. The summed E-state index contributed by atoms with van der Waals surface area (Å²) in [6.45, 7) is 6.06. The number of hydrogen-bond acceptors (Lipinski definition) is 6. The van der Waals surface area contributed by atoms with E-state index in [0.717, 1.165) is 12.8 Å². The molecule has 1 aliphatic heterocycles. The molecule has 0 unspecified atom stereocenters. The van der Waals surface area contributed by atoms with Crippen LogP contribution in [0.3, 0.4) is 0 Å². The maximum atomic E-state index is 12.4. The Morgan fingerprint density at radius 3 is 2.79 bits per heavy atom. The van der Waals surface area contributed by atoms with E-state index in [9.17, 15) is 14.9 Å². The molecule has 0 atom stereocenters. The van der Waals surface area contributed by atoms with Crippen LogP contribution in [0.4, 0.5) is 10.6 Å². The SMILES string of the molecule is CC(C)(C)OC(=O)N1CC(CC#N)(n2nc(NC3CC3)c3c(=O)[nH]ccc32)C1. The highest BCUT2D eigenvalue weighted by atomic mass is 16.6. The van der Waals surface area contributed by atoms with Gasteiger partial charge < -0.3 is 19.9 Å². The maximum Gasteiger partial charge on any atom is 0.410 e. The number of pyridine rings is 1. The van der Waals surface area contributed by atoms with E-state index in [1.54, 1.807) is 21.8 Å². The Kier molecular flexibility index (Phi) is 4.10. The summed E-state index contributed by atoms with van der Waals surface area (Å²) in [6.07, 6.45) is 3.45. The molecule has 1 saturated carbocycles. The lowest BCUT2D eigenvalue weighted by Crippen LogP contribution is -2.64. The van der Waals surface area contributed by atoms with Gasteiger partial charge in [-0.2, -0.15) is 10.4 Å². The monoisotopic (exact) mass is 384 g/mol. The first-order chi connectivity index (χ1) is 13.2. The molecule has 9 heteroatoms. The third kappa shape index (κ3) is 3.19. The van der Waals surface area contributed by atoms with Gasteiger partial charge in [0.05, 0.1) is 31.1 Å². The molecule has 1 saturated heterocycles. The molecule has 9 nitrogen and oxygen atoms in total. The van der Waals surface area contributed by atoms with Gasteiger partial charge in [-0.05, 0) is 39.7 Å². The first-order valence-electron chi connectivity index (χ1n) is 9.45. The number of H-pyrrole nitrogens is 1. The summed E-state index contributed by atoms with van der Waals surface area (Å²) < 4.78 is 7.17. The summed E-state index contributed by atoms with van der Waals surface area (Å²) in [4.78, 5) is 29.1. The molecular weight excluding hydrogens is 360 g/mol. The molecule has 2 aromatic heterocycles. The van der Waals surface area contributed by atoms with Crippen molar-refractivity contribution in [1.29, 1.82) is 5.26 Å². The highest BCUT2D eigenvalue weighted by Crippen LogP contribution is 2.37. The molecule has 1 amide bonds. The van der Waals surface area contributed by atoms with Crippen molar-refractivity contribution in [3.8, 4) is 6.07 Å². The predicted molar refractivity (Wildman–Crippen MR) is 103 cm³/mol. The molecule has 0 bridgehead atoms. The number of nitrogens with zero attached hydrogens (tertiary/aromatic N) is 4. The lowest BCUT2D eigenvalue weighted by Gasteiger charge is -2.48. The first-order valence-corrected chi connectivity index (χ1v) is 9.45. The summed E-state index contributed by atoms with van der Waals surface area (Å²) in [5, 5.41) is 17.9. The Balaban J connectivity index is 1.69. The normalized spacial score (nSPS) is 18.4. The number of amides is 1. The highest BCUT2D eigenvalue weighted by Gasteiger charge is 2.50. The Bertz CT molecular complexity index is 1010. The van der Waals surface area contributed by atoms with Gasteiger partial charge >= 0.3 is 6.09 Å². The van der Waals surface area contributed by atoms with E-state index in [1.807, 2.05) is 20.8 Å². The highest BCUT2D eigenvalue weighted by molar-refractivity contribution is 5.89. The van der Waals surface area contributed by atoms with Crippen molar-refractivity contribution in [3.05, 3.63) is 22.6 Å². The molecule has 0 aromatic carbocycles. The number of aromatic amines is 1. The molecule has 2 N–H and O–H groups in total. The molecule has 4 rings (SSSR count). The smallest absolute Gasteiger partial charge is 0.410 e. The number of carbonyl (C=O) groups is 1. The number of ether oxygens (including phenoxy) is 1. The zero-order chi connectivity index (χ0) is 20.1. The van der Waals surface area contributed by atoms with Crippen LogP contribution in [0.25, 0.3) is 10.9 Å². The minimum atomic E-state index is -0.679. The van der Waals surface area contributed by atoms with Crippen molar-refractivity contribution in [2.45, 2.75) is 57.2 Å². The largest absolute Gasteiger partial charge is 0.444 e. The summed E-state index contributed by atoms with van der Waals surface area (Å²) in [6, 6.07) is 4.33. The molecule has 3 heterocycles. The molecule has 0 spiro atoms. The second-order valence-electron chi connectivity index (χ2n) is 8.64. The van der Waals surface area contributed by atoms with Gasteiger partial charge in [-0.3, -0.25) is 9.48 Å². The fourth-order valence-electron chi connectivity index (χ4n) is 3.55. The lowest BCUT2D eigenvalue weighted by atomic mass is 9.87. The van der Waals surface area contributed by atoms with Crippen molar-refractivity contribution in [3.63, 3.8) is 0 Å². The van der Waals surface area contributed by atoms with E-state index in [-0.39, 0.29) is 12.0 Å². The van der Waals surface area contributed by atoms with Crippen LogP contribution >= 0.6 is 0 Å². The van der Waals surface area contributed by atoms with Gasteiger partial charge in [-0.1, -0.05) is 0 Å². The predicted octanol–water partition coefficient (Wildman–Crippen LogP) is 2.16. The average Bonchev–Trinajstić information content (AvgIpc) is 3.29. The topological polar surface area (TPSA) is 116 Å². The second kappa shape index (κ2) is 6.26. The quantitative estimate of drug-likeness (QED) is 0.834. The average molecular weight is 384 g/mol. The van der Waals surface area contributed by atoms with Crippen molar-refractivity contribution in [2.24, 2.45) is 0 Å². The number of carbonyl (C=O) groups excluding carboxylic acids is 1. The zero-order valence-corrected chi connectivity index (χ0v) is 16.3. The molecule has 2 fully saturated rings. The van der Waals surface area contributed by atoms with Crippen LogP contribution in [0.2, 0.25) is 0 Å². The molecule has 28 heavy (non-hydrogen) atoms. The number of fused-ring (bicyclic) bond motifs is 1. The van der Waals surface area contributed by atoms with Crippen molar-refractivity contribution < 1.29 is 9.53 Å². The third-order valence-electron chi connectivity index (χ3n) is 5.00. The Labute approximate surface area is 162 Å². The summed E-state index contributed by atoms with van der Waals surface area (Å²) in [7, 11) is 0. The summed E-state index contributed by atoms with van der Waals surface area (Å²) >= 11 is 0. The molecule has 148 valence electrons. The minimum absolute atomic E-state index is 0.179. The van der Waals surface area contributed by atoms with Crippen LogP contribution in [0.15, 0.2) is 17.1 Å². The van der Waals surface area contributed by atoms with E-state index in [1.165, 1.54) is 0 Å². The zero-order valence-electron chi connectivity index (χ0n) is 16.3. The number of likely N-dealkylation sites (tertiary alicyclic amines) is 1. The fraction of sp³-hybridized carbons (Fsp3) is 0.579. The number of anilines is 1. The molecule has 0 radical (unpaired) electrons. The van der Waals surface area contributed by atoms with Gasteiger partial charge in [0.1, 0.15) is 16.5 Å². The van der Waals surface area contributed by atoms with Crippen LogP contribution in [0.1, 0.15) is 40.0 Å². The van der Waals surface area contributed by atoms with Crippen LogP contribution in [0.5, 0.6) is 0 Å². The van der Waals surface area contributed by atoms with Crippen molar-refractivity contribution >= 4 is 22.8 Å². The first kappa shape index (κ1) is 18.3. The molecule has 2 aliphatic rings. The van der Waals surface area contributed by atoms with Gasteiger partial charge in [-0.25, -0.2) is 4.79 Å². The van der Waals surface area contributed by atoms with Gasteiger partial charge in [0.15, 0.2) is 5.82 Å². The van der Waals surface area contributed by atoms with Crippen LogP contribution in [-0.4, -0.2) is 50.5 Å². The number of nitriles is 1. The van der Waals surface area contributed by atoms with Crippen molar-refractivity contribution in [1.82, 2.24) is 19.7 Å². The van der Waals surface area contributed by atoms with Gasteiger partial charge in [0.25, 0.3) is 5.56 Å². The van der Waals surface area contributed by atoms with Crippen molar-refractivity contribution in [2.75, 3.05) is 18.4 Å². The Hall–Kier alpha value is -3.02. The van der Waals surface area contributed by atoms with Crippen LogP contribution in [-0.2, 0) is 10.3 Å².